The summed E-state index contributed by atoms with van der Waals surface area (Å²) < 4.78 is 0. The van der Waals surface area contributed by atoms with Crippen LogP contribution in [0.3, 0.4) is 0 Å². The van der Waals surface area contributed by atoms with Crippen molar-refractivity contribution in [3.05, 3.63) is 0 Å². The number of hydrogen-bond donors (Lipinski definition) is 1. The molecule has 2 heteroatoms. The normalized spacial score (nSPS) is 13.4. The summed E-state index contributed by atoms with van der Waals surface area (Å²) in [4.78, 5) is 10.6. The van der Waals surface area contributed by atoms with E-state index in [0.29, 0.717) is 6.42 Å². The van der Waals surface area contributed by atoms with E-state index in [1.54, 1.807) is 6.92 Å². The van der Waals surface area contributed by atoms with E-state index in [0.717, 1.165) is 6.42 Å². The zero-order valence-corrected chi connectivity index (χ0v) is 5.48. The van der Waals surface area contributed by atoms with Gasteiger partial charge in [0.25, 0.3) is 0 Å². The minimum Gasteiger partial charge on any atom is -0.322 e. The molecule has 0 spiro atoms. The van der Waals surface area contributed by atoms with Crippen LogP contribution in [0.25, 0.3) is 0 Å². The van der Waals surface area contributed by atoms with Crippen LogP contribution < -0.4 is 5.73 Å². The lowest BCUT2D eigenvalue weighted by Crippen LogP contribution is -2.25. The number of carbonyl (C=O) groups is 1. The van der Waals surface area contributed by atoms with Gasteiger partial charge in [0.05, 0.1) is 6.04 Å². The summed E-state index contributed by atoms with van der Waals surface area (Å²) in [6.07, 6.45) is 1.53. The molecule has 0 fully saturated rings. The van der Waals surface area contributed by atoms with Gasteiger partial charge in [-0.3, -0.25) is 4.79 Å². The van der Waals surface area contributed by atoms with E-state index in [2.05, 4.69) is 0 Å². The first-order valence-corrected chi connectivity index (χ1v) is 2.96. The van der Waals surface area contributed by atoms with Crippen LogP contribution in [-0.2, 0) is 4.79 Å². The molecule has 0 rings (SSSR count). The summed E-state index contributed by atoms with van der Waals surface area (Å²) in [5, 5.41) is 0. The first-order chi connectivity index (χ1) is 3.68. The molecule has 2 nitrogen and oxygen atoms in total. The summed E-state index contributed by atoms with van der Waals surface area (Å²) >= 11 is 0. The number of Topliss-reactive ketones (excluding diaryl/α,β-unsaturated/α-hetero) is 1. The lowest BCUT2D eigenvalue weighted by Gasteiger charge is -1.99. The highest BCUT2D eigenvalue weighted by Gasteiger charge is 2.03. The summed E-state index contributed by atoms with van der Waals surface area (Å²) in [6, 6.07) is -0.269. The second-order valence-corrected chi connectivity index (χ2v) is 2.00. The summed E-state index contributed by atoms with van der Waals surface area (Å²) in [7, 11) is 0. The molecule has 0 heterocycles. The second-order valence-electron chi connectivity index (χ2n) is 2.00. The number of carbonyl (C=O) groups excluding carboxylic acids is 1. The van der Waals surface area contributed by atoms with Crippen molar-refractivity contribution in [1.82, 2.24) is 0 Å². The Labute approximate surface area is 50.1 Å². The SMILES string of the molecule is CCCC(=O)[C@@H](C)N. The highest BCUT2D eigenvalue weighted by atomic mass is 16.1. The van der Waals surface area contributed by atoms with Crippen LogP contribution in [0.2, 0.25) is 0 Å². The van der Waals surface area contributed by atoms with Gasteiger partial charge in [0, 0.05) is 6.42 Å². The molecule has 0 aliphatic carbocycles. The maximum absolute atomic E-state index is 10.6. The predicted molar refractivity (Wildman–Crippen MR) is 33.6 cm³/mol. The molecule has 0 aliphatic rings. The molecule has 1 atom stereocenters. The van der Waals surface area contributed by atoms with E-state index in [9.17, 15) is 4.79 Å². The Morgan fingerprint density at radius 3 is 2.38 bits per heavy atom. The molecule has 0 radical (unpaired) electrons. The first-order valence-electron chi connectivity index (χ1n) is 2.96. The average Bonchev–Trinajstić information content (AvgIpc) is 1.67. The van der Waals surface area contributed by atoms with Gasteiger partial charge in [-0.15, -0.1) is 0 Å². The van der Waals surface area contributed by atoms with Gasteiger partial charge < -0.3 is 5.73 Å². The number of rotatable bonds is 3. The quantitative estimate of drug-likeness (QED) is 0.588. The fourth-order valence-corrected chi connectivity index (χ4v) is 0.474. The Morgan fingerprint density at radius 2 is 2.25 bits per heavy atom. The third-order valence-electron chi connectivity index (χ3n) is 1.00. The molecule has 0 amide bonds. The zero-order valence-electron chi connectivity index (χ0n) is 5.48. The van der Waals surface area contributed by atoms with E-state index in [1.165, 1.54) is 0 Å². The van der Waals surface area contributed by atoms with E-state index < -0.39 is 0 Å². The molecule has 0 aromatic rings. The molecular weight excluding hydrogens is 102 g/mol. The van der Waals surface area contributed by atoms with Gasteiger partial charge in [0.1, 0.15) is 5.78 Å². The zero-order chi connectivity index (χ0) is 6.57. The second kappa shape index (κ2) is 3.61. The molecule has 0 saturated carbocycles. The smallest absolute Gasteiger partial charge is 0.149 e. The fraction of sp³-hybridized carbons (Fsp3) is 0.833. The fourth-order valence-electron chi connectivity index (χ4n) is 0.474. The Bertz CT molecular complexity index is 78.6. The van der Waals surface area contributed by atoms with Gasteiger partial charge in [-0.2, -0.15) is 0 Å². The molecule has 0 aromatic heterocycles. The van der Waals surface area contributed by atoms with Crippen LogP contribution in [0.5, 0.6) is 0 Å². The lowest BCUT2D eigenvalue weighted by atomic mass is 10.1. The first kappa shape index (κ1) is 7.63. The highest BCUT2D eigenvalue weighted by molar-refractivity contribution is 5.83. The largest absolute Gasteiger partial charge is 0.322 e. The third-order valence-corrected chi connectivity index (χ3v) is 1.00. The van der Waals surface area contributed by atoms with Gasteiger partial charge in [-0.25, -0.2) is 0 Å². The molecule has 0 bridgehead atoms. The van der Waals surface area contributed by atoms with Crippen LogP contribution in [0.15, 0.2) is 0 Å². The molecular formula is C6H13NO. The summed E-state index contributed by atoms with van der Waals surface area (Å²) in [5.74, 6) is 0.160. The molecule has 0 aliphatic heterocycles. The van der Waals surface area contributed by atoms with Crippen LogP contribution in [0.4, 0.5) is 0 Å². The highest BCUT2D eigenvalue weighted by Crippen LogP contribution is 1.90. The van der Waals surface area contributed by atoms with Crippen molar-refractivity contribution < 1.29 is 4.79 Å². The van der Waals surface area contributed by atoms with E-state index in [4.69, 9.17) is 5.73 Å². The number of hydrogen-bond acceptors (Lipinski definition) is 2. The van der Waals surface area contributed by atoms with Crippen molar-refractivity contribution in [3.8, 4) is 0 Å². The van der Waals surface area contributed by atoms with Gasteiger partial charge in [0.15, 0.2) is 0 Å². The Kier molecular flexibility index (Phi) is 3.44. The van der Waals surface area contributed by atoms with E-state index in [-0.39, 0.29) is 11.8 Å². The predicted octanol–water partition coefficient (Wildman–Crippen LogP) is 0.703. The maximum atomic E-state index is 10.6. The topological polar surface area (TPSA) is 43.1 Å². The maximum Gasteiger partial charge on any atom is 0.149 e. The lowest BCUT2D eigenvalue weighted by molar-refractivity contribution is -0.119. The van der Waals surface area contributed by atoms with Crippen LogP contribution in [0.1, 0.15) is 26.7 Å². The van der Waals surface area contributed by atoms with Gasteiger partial charge in [-0.05, 0) is 13.3 Å². The van der Waals surface area contributed by atoms with Crippen molar-refractivity contribution in [2.75, 3.05) is 0 Å². The Morgan fingerprint density at radius 1 is 1.75 bits per heavy atom. The van der Waals surface area contributed by atoms with Crippen molar-refractivity contribution in [1.29, 1.82) is 0 Å². The minimum absolute atomic E-state index is 0.160. The number of ketones is 1. The van der Waals surface area contributed by atoms with Crippen molar-refractivity contribution in [3.63, 3.8) is 0 Å². The number of nitrogens with two attached hydrogens (primary N) is 1. The molecule has 2 N–H and O–H groups in total. The Hall–Kier alpha value is -0.370. The van der Waals surface area contributed by atoms with Gasteiger partial charge >= 0.3 is 0 Å². The van der Waals surface area contributed by atoms with Gasteiger partial charge in [-0.1, -0.05) is 6.92 Å². The van der Waals surface area contributed by atoms with Crippen LogP contribution in [-0.4, -0.2) is 11.8 Å². The van der Waals surface area contributed by atoms with E-state index >= 15 is 0 Å². The summed E-state index contributed by atoms with van der Waals surface area (Å²) in [6.45, 7) is 3.69. The van der Waals surface area contributed by atoms with Crippen molar-refractivity contribution in [2.24, 2.45) is 5.73 Å². The minimum atomic E-state index is -0.269. The molecule has 48 valence electrons. The van der Waals surface area contributed by atoms with E-state index in [1.807, 2.05) is 6.92 Å². The monoisotopic (exact) mass is 115 g/mol. The summed E-state index contributed by atoms with van der Waals surface area (Å²) in [5.41, 5.74) is 5.27. The van der Waals surface area contributed by atoms with Crippen LogP contribution in [0, 0.1) is 0 Å². The standard InChI is InChI=1S/C6H13NO/c1-3-4-6(8)5(2)7/h5H,3-4,7H2,1-2H3/t5-/m1/s1. The molecule has 8 heavy (non-hydrogen) atoms. The average molecular weight is 115 g/mol. The molecule has 0 aromatic carbocycles. The molecule has 0 saturated heterocycles. The van der Waals surface area contributed by atoms with Crippen molar-refractivity contribution in [2.45, 2.75) is 32.7 Å². The van der Waals surface area contributed by atoms with Crippen molar-refractivity contribution >= 4 is 5.78 Å². The van der Waals surface area contributed by atoms with Gasteiger partial charge in [0.2, 0.25) is 0 Å². The Balaban J connectivity index is 3.33. The molecule has 0 unspecified atom stereocenters. The third kappa shape index (κ3) is 2.75. The van der Waals surface area contributed by atoms with Crippen LogP contribution >= 0.6 is 0 Å².